The molecule has 2 amide bonds. The van der Waals surface area contributed by atoms with Crippen molar-refractivity contribution in [2.24, 2.45) is 0 Å². The lowest BCUT2D eigenvalue weighted by atomic mass is 10.1. The third-order valence-electron chi connectivity index (χ3n) is 5.90. The number of amides is 2. The maximum Gasteiger partial charge on any atom is 0.320 e. The summed E-state index contributed by atoms with van der Waals surface area (Å²) in [7, 11) is 0. The van der Waals surface area contributed by atoms with Crippen LogP contribution >= 0.6 is 0 Å². The fraction of sp³-hybridized carbons (Fsp3) is 0.450. The van der Waals surface area contributed by atoms with Gasteiger partial charge in [-0.25, -0.2) is 9.78 Å². The summed E-state index contributed by atoms with van der Waals surface area (Å²) in [5, 5.41) is 7.69. The molecule has 2 aromatic heterocycles. The number of carbonyl (C=O) groups excluding carboxylic acids is 1. The molecule has 0 bridgehead atoms. The monoisotopic (exact) mass is 364 g/mol. The quantitative estimate of drug-likeness (QED) is 0.696. The van der Waals surface area contributed by atoms with Crippen LogP contribution in [0.3, 0.4) is 0 Å². The summed E-state index contributed by atoms with van der Waals surface area (Å²) in [6.45, 7) is 7.29. The Morgan fingerprint density at radius 3 is 2.67 bits per heavy atom. The first-order chi connectivity index (χ1) is 13.1. The number of hydrogen-bond donors (Lipinski definition) is 2. The van der Waals surface area contributed by atoms with Gasteiger partial charge in [-0.15, -0.1) is 0 Å². The molecule has 2 N–H and O–H groups in total. The van der Waals surface area contributed by atoms with E-state index in [1.54, 1.807) is 0 Å². The van der Waals surface area contributed by atoms with Gasteiger partial charge in [-0.2, -0.15) is 5.10 Å². The molecule has 0 aliphatic carbocycles. The van der Waals surface area contributed by atoms with Crippen molar-refractivity contribution in [1.82, 2.24) is 30.0 Å². The van der Waals surface area contributed by atoms with E-state index in [4.69, 9.17) is 4.98 Å². The molecular formula is C20H24N6O. The molecule has 140 valence electrons. The number of aromatic amines is 2. The number of likely N-dealkylation sites (tertiary alicyclic amines) is 1. The number of hydrogen-bond acceptors (Lipinski definition) is 3. The van der Waals surface area contributed by atoms with Gasteiger partial charge >= 0.3 is 6.03 Å². The predicted molar refractivity (Wildman–Crippen MR) is 103 cm³/mol. The summed E-state index contributed by atoms with van der Waals surface area (Å²) in [4.78, 5) is 24.9. The highest BCUT2D eigenvalue weighted by Crippen LogP contribution is 2.29. The molecule has 2 aliphatic heterocycles. The third kappa shape index (κ3) is 2.69. The Hall–Kier alpha value is -2.83. The molecule has 0 radical (unpaired) electrons. The average molecular weight is 364 g/mol. The number of rotatable bonds is 1. The van der Waals surface area contributed by atoms with Gasteiger partial charge in [0.2, 0.25) is 0 Å². The Kier molecular flexibility index (Phi) is 3.70. The number of carbonyl (C=O) groups is 1. The van der Waals surface area contributed by atoms with Gasteiger partial charge in [0.15, 0.2) is 5.82 Å². The van der Waals surface area contributed by atoms with Gasteiger partial charge in [-0.05, 0) is 49.9 Å². The summed E-state index contributed by atoms with van der Waals surface area (Å²) in [6.07, 6.45) is 3.03. The zero-order valence-electron chi connectivity index (χ0n) is 15.8. The highest BCUT2D eigenvalue weighted by molar-refractivity contribution is 5.81. The molecule has 4 heterocycles. The van der Waals surface area contributed by atoms with E-state index in [0.29, 0.717) is 6.54 Å². The van der Waals surface area contributed by atoms with Crippen LogP contribution in [0.1, 0.15) is 35.2 Å². The van der Waals surface area contributed by atoms with Crippen LogP contribution in [0.15, 0.2) is 12.1 Å². The Morgan fingerprint density at radius 1 is 1.07 bits per heavy atom. The second-order valence-corrected chi connectivity index (χ2v) is 7.72. The van der Waals surface area contributed by atoms with Gasteiger partial charge in [-0.1, -0.05) is 0 Å². The van der Waals surface area contributed by atoms with Crippen LogP contribution in [0.5, 0.6) is 0 Å². The van der Waals surface area contributed by atoms with Crippen molar-refractivity contribution in [3.8, 4) is 11.5 Å². The van der Waals surface area contributed by atoms with Crippen LogP contribution in [0, 0.1) is 13.8 Å². The molecule has 7 heteroatoms. The number of benzene rings is 1. The van der Waals surface area contributed by atoms with Crippen molar-refractivity contribution in [2.45, 2.75) is 39.7 Å². The zero-order valence-corrected chi connectivity index (χ0v) is 15.8. The van der Waals surface area contributed by atoms with Crippen LogP contribution in [-0.4, -0.2) is 55.6 Å². The van der Waals surface area contributed by atoms with Gasteiger partial charge in [0, 0.05) is 37.3 Å². The number of urea groups is 1. The summed E-state index contributed by atoms with van der Waals surface area (Å²) < 4.78 is 0. The van der Waals surface area contributed by atoms with E-state index in [-0.39, 0.29) is 6.03 Å². The van der Waals surface area contributed by atoms with E-state index >= 15 is 0 Å². The van der Waals surface area contributed by atoms with Crippen LogP contribution < -0.4 is 0 Å². The largest absolute Gasteiger partial charge is 0.337 e. The molecule has 0 unspecified atom stereocenters. The van der Waals surface area contributed by atoms with Crippen molar-refractivity contribution >= 4 is 17.1 Å². The number of nitrogens with zero attached hydrogens (tertiary/aromatic N) is 4. The van der Waals surface area contributed by atoms with E-state index in [2.05, 4.69) is 41.2 Å². The first-order valence-corrected chi connectivity index (χ1v) is 9.67. The van der Waals surface area contributed by atoms with Crippen molar-refractivity contribution in [1.29, 1.82) is 0 Å². The minimum Gasteiger partial charge on any atom is -0.337 e. The molecule has 7 nitrogen and oxygen atoms in total. The van der Waals surface area contributed by atoms with E-state index in [1.165, 1.54) is 11.1 Å². The first-order valence-electron chi connectivity index (χ1n) is 9.67. The molecule has 1 fully saturated rings. The van der Waals surface area contributed by atoms with Gasteiger partial charge in [0.1, 0.15) is 5.69 Å². The maximum atomic E-state index is 12.8. The second-order valence-electron chi connectivity index (χ2n) is 7.72. The van der Waals surface area contributed by atoms with Crippen molar-refractivity contribution in [3.63, 3.8) is 0 Å². The third-order valence-corrected chi connectivity index (χ3v) is 5.90. The number of aromatic nitrogens is 4. The molecule has 27 heavy (non-hydrogen) atoms. The van der Waals surface area contributed by atoms with E-state index in [0.717, 1.165) is 72.7 Å². The first kappa shape index (κ1) is 16.4. The molecule has 0 spiro atoms. The number of fused-ring (bicyclic) bond motifs is 2. The maximum absolute atomic E-state index is 12.8. The standard InChI is InChI=1S/C20H24N6O/c1-12-9-16-17(10-13(12)2)22-19(21-16)18-14-11-26(8-5-15(14)23-24-18)20(27)25-6-3-4-7-25/h9-10H,3-8,11H2,1-2H3,(H,21,22)(H,23,24). The number of H-pyrrole nitrogens is 2. The lowest BCUT2D eigenvalue weighted by molar-refractivity contribution is 0.157. The lowest BCUT2D eigenvalue weighted by Crippen LogP contribution is -2.44. The van der Waals surface area contributed by atoms with Crippen LogP contribution in [0.4, 0.5) is 4.79 Å². The Morgan fingerprint density at radius 2 is 1.85 bits per heavy atom. The van der Waals surface area contributed by atoms with Crippen molar-refractivity contribution in [3.05, 3.63) is 34.5 Å². The van der Waals surface area contributed by atoms with Crippen molar-refractivity contribution in [2.75, 3.05) is 19.6 Å². The summed E-state index contributed by atoms with van der Waals surface area (Å²) in [6, 6.07) is 4.39. The summed E-state index contributed by atoms with van der Waals surface area (Å²) in [5.74, 6) is 0.767. The Balaban J connectivity index is 1.48. The lowest BCUT2D eigenvalue weighted by Gasteiger charge is -2.30. The van der Waals surface area contributed by atoms with E-state index in [9.17, 15) is 4.79 Å². The molecule has 3 aromatic rings. The Labute approximate surface area is 157 Å². The van der Waals surface area contributed by atoms with Crippen LogP contribution in [-0.2, 0) is 13.0 Å². The minimum absolute atomic E-state index is 0.154. The predicted octanol–water partition coefficient (Wildman–Crippen LogP) is 3.14. The smallest absolute Gasteiger partial charge is 0.320 e. The molecule has 0 saturated carbocycles. The van der Waals surface area contributed by atoms with Crippen LogP contribution in [0.2, 0.25) is 0 Å². The highest BCUT2D eigenvalue weighted by Gasteiger charge is 2.30. The fourth-order valence-corrected chi connectivity index (χ4v) is 4.14. The fourth-order valence-electron chi connectivity index (χ4n) is 4.14. The number of nitrogens with one attached hydrogen (secondary N) is 2. The molecule has 5 rings (SSSR count). The normalized spacial score (nSPS) is 17.0. The van der Waals surface area contributed by atoms with Crippen molar-refractivity contribution < 1.29 is 4.79 Å². The average Bonchev–Trinajstić information content (AvgIpc) is 3.40. The topological polar surface area (TPSA) is 80.9 Å². The van der Waals surface area contributed by atoms with Crippen LogP contribution in [0.25, 0.3) is 22.6 Å². The number of imidazole rings is 1. The zero-order chi connectivity index (χ0) is 18.5. The SMILES string of the molecule is Cc1cc2nc(-c3n[nH]c4c3CN(C(=O)N3CCCC3)CC4)[nH]c2cc1C. The molecule has 1 saturated heterocycles. The second kappa shape index (κ2) is 6.11. The van der Waals surface area contributed by atoms with Gasteiger partial charge < -0.3 is 14.8 Å². The van der Waals surface area contributed by atoms with E-state index in [1.807, 2.05) is 9.80 Å². The highest BCUT2D eigenvalue weighted by atomic mass is 16.2. The summed E-state index contributed by atoms with van der Waals surface area (Å²) in [5.41, 5.74) is 7.47. The minimum atomic E-state index is 0.154. The van der Waals surface area contributed by atoms with Gasteiger partial charge in [-0.3, -0.25) is 5.10 Å². The van der Waals surface area contributed by atoms with Gasteiger partial charge in [0.25, 0.3) is 0 Å². The molecule has 2 aliphatic rings. The van der Waals surface area contributed by atoms with Gasteiger partial charge in [0.05, 0.1) is 17.6 Å². The molecule has 0 atom stereocenters. The summed E-state index contributed by atoms with van der Waals surface area (Å²) >= 11 is 0. The Bertz CT molecular complexity index is 988. The molecule has 1 aromatic carbocycles. The molecular weight excluding hydrogens is 340 g/mol. The number of aryl methyl sites for hydroxylation is 2. The van der Waals surface area contributed by atoms with E-state index < -0.39 is 0 Å².